The number of carboxylic acids is 1. The van der Waals surface area contributed by atoms with Gasteiger partial charge in [0.1, 0.15) is 5.58 Å². The van der Waals surface area contributed by atoms with Crippen LogP contribution in [-0.2, 0) is 0 Å². The summed E-state index contributed by atoms with van der Waals surface area (Å²) in [4.78, 5) is 22.2. The zero-order valence-electron chi connectivity index (χ0n) is 7.36. The van der Waals surface area contributed by atoms with E-state index in [9.17, 15) is 9.59 Å². The summed E-state index contributed by atoms with van der Waals surface area (Å²) < 4.78 is 5.95. The van der Waals surface area contributed by atoms with E-state index in [4.69, 9.17) is 9.52 Å². The fraction of sp³-hybridized carbons (Fsp3) is 0. The number of carbonyl (C=O) groups is 1. The van der Waals surface area contributed by atoms with E-state index < -0.39 is 5.97 Å². The molecule has 0 saturated heterocycles. The SMILES string of the molecule is O=C(O)c1cc(=O)c2cc(I)ccc2o1. The van der Waals surface area contributed by atoms with Crippen LogP contribution in [0.15, 0.2) is 33.5 Å². The quantitative estimate of drug-likeness (QED) is 0.818. The van der Waals surface area contributed by atoms with Gasteiger partial charge in [0.25, 0.3) is 0 Å². The molecule has 0 aliphatic rings. The first kappa shape index (κ1) is 10.2. The summed E-state index contributed by atoms with van der Waals surface area (Å²) in [5.41, 5.74) is -0.0486. The van der Waals surface area contributed by atoms with Crippen molar-refractivity contribution in [2.45, 2.75) is 0 Å². The minimum absolute atomic E-state index is 0.292. The van der Waals surface area contributed by atoms with Crippen LogP contribution in [0.4, 0.5) is 0 Å². The second-order valence-corrected chi connectivity index (χ2v) is 4.17. The summed E-state index contributed by atoms with van der Waals surface area (Å²) in [5, 5.41) is 9.08. The van der Waals surface area contributed by atoms with Crippen LogP contribution in [0.5, 0.6) is 0 Å². The van der Waals surface area contributed by atoms with Crippen molar-refractivity contribution in [3.63, 3.8) is 0 Å². The number of aromatic carboxylic acids is 1. The Morgan fingerprint density at radius 3 is 2.73 bits per heavy atom. The molecule has 76 valence electrons. The van der Waals surface area contributed by atoms with Gasteiger partial charge >= 0.3 is 5.97 Å². The molecule has 4 nitrogen and oxygen atoms in total. The van der Waals surface area contributed by atoms with Crippen molar-refractivity contribution in [3.8, 4) is 0 Å². The molecule has 2 aromatic rings. The van der Waals surface area contributed by atoms with Crippen LogP contribution in [0.25, 0.3) is 11.0 Å². The molecule has 2 rings (SSSR count). The van der Waals surface area contributed by atoms with Crippen molar-refractivity contribution in [2.24, 2.45) is 0 Å². The fourth-order valence-electron chi connectivity index (χ4n) is 1.23. The van der Waals surface area contributed by atoms with E-state index in [1.165, 1.54) is 0 Å². The van der Waals surface area contributed by atoms with Gasteiger partial charge in [0, 0.05) is 9.64 Å². The molecule has 1 aromatic carbocycles. The van der Waals surface area contributed by atoms with E-state index >= 15 is 0 Å². The first-order valence-electron chi connectivity index (χ1n) is 4.04. The molecule has 1 aromatic heterocycles. The zero-order chi connectivity index (χ0) is 11.0. The van der Waals surface area contributed by atoms with Crippen molar-refractivity contribution in [1.82, 2.24) is 0 Å². The molecule has 0 aliphatic heterocycles. The predicted octanol–water partition coefficient (Wildman–Crippen LogP) is 2.10. The third kappa shape index (κ3) is 1.87. The highest BCUT2D eigenvalue weighted by molar-refractivity contribution is 14.1. The second-order valence-electron chi connectivity index (χ2n) is 2.92. The van der Waals surface area contributed by atoms with E-state index in [0.717, 1.165) is 9.64 Å². The van der Waals surface area contributed by atoms with Crippen LogP contribution >= 0.6 is 22.6 Å². The highest BCUT2D eigenvalue weighted by Crippen LogP contribution is 2.15. The monoisotopic (exact) mass is 316 g/mol. The summed E-state index contributed by atoms with van der Waals surface area (Å²) >= 11 is 2.07. The van der Waals surface area contributed by atoms with Gasteiger partial charge in [0.05, 0.1) is 5.39 Å². The molecule has 5 heteroatoms. The van der Waals surface area contributed by atoms with Gasteiger partial charge in [-0.2, -0.15) is 0 Å². The molecule has 0 aliphatic carbocycles. The van der Waals surface area contributed by atoms with Gasteiger partial charge in [0.2, 0.25) is 5.76 Å². The molecule has 0 spiro atoms. The summed E-state index contributed by atoms with van der Waals surface area (Å²) in [5.74, 6) is -1.58. The van der Waals surface area contributed by atoms with Crippen molar-refractivity contribution in [3.05, 3.63) is 43.8 Å². The van der Waals surface area contributed by atoms with E-state index in [2.05, 4.69) is 22.6 Å². The lowest BCUT2D eigenvalue weighted by Gasteiger charge is -1.98. The molecule has 0 unspecified atom stereocenters. The molecule has 1 heterocycles. The van der Waals surface area contributed by atoms with Gasteiger partial charge in [-0.05, 0) is 40.8 Å². The van der Waals surface area contributed by atoms with Crippen LogP contribution in [0.3, 0.4) is 0 Å². The molecular formula is C10H5IO4. The summed E-state index contributed by atoms with van der Waals surface area (Å²) in [6, 6.07) is 5.98. The molecule has 15 heavy (non-hydrogen) atoms. The molecule has 0 atom stereocenters. The normalized spacial score (nSPS) is 10.5. The van der Waals surface area contributed by atoms with E-state index in [-0.39, 0.29) is 11.2 Å². The standard InChI is InChI=1S/C10H5IO4/c11-5-1-2-8-6(3-5)7(12)4-9(15-8)10(13)14/h1-4H,(H,13,14). The zero-order valence-corrected chi connectivity index (χ0v) is 9.52. The number of halogens is 1. The first-order chi connectivity index (χ1) is 7.08. The van der Waals surface area contributed by atoms with Gasteiger partial charge < -0.3 is 9.52 Å². The Hall–Kier alpha value is -1.37. The third-order valence-electron chi connectivity index (χ3n) is 1.90. The Kier molecular flexibility index (Phi) is 2.47. The van der Waals surface area contributed by atoms with Gasteiger partial charge in [-0.3, -0.25) is 4.79 Å². The molecule has 0 fully saturated rings. The van der Waals surface area contributed by atoms with Crippen molar-refractivity contribution in [1.29, 1.82) is 0 Å². The smallest absolute Gasteiger partial charge is 0.371 e. The molecule has 1 N–H and O–H groups in total. The number of rotatable bonds is 1. The number of fused-ring (bicyclic) bond motifs is 1. The predicted molar refractivity (Wildman–Crippen MR) is 62.2 cm³/mol. The Balaban J connectivity index is 2.84. The van der Waals surface area contributed by atoms with Crippen molar-refractivity contribution >= 4 is 39.5 Å². The van der Waals surface area contributed by atoms with Gasteiger partial charge in [0.15, 0.2) is 5.43 Å². The van der Waals surface area contributed by atoms with Crippen LogP contribution in [0, 0.1) is 3.57 Å². The average molecular weight is 316 g/mol. The molecule has 0 amide bonds. The number of hydrogen-bond donors (Lipinski definition) is 1. The minimum Gasteiger partial charge on any atom is -0.475 e. The summed E-state index contributed by atoms with van der Waals surface area (Å²) in [6.45, 7) is 0. The maximum Gasteiger partial charge on any atom is 0.371 e. The Morgan fingerprint density at radius 2 is 2.07 bits per heavy atom. The van der Waals surface area contributed by atoms with Crippen LogP contribution < -0.4 is 5.43 Å². The minimum atomic E-state index is -1.24. The van der Waals surface area contributed by atoms with Crippen LogP contribution in [0.1, 0.15) is 10.6 Å². The molecular weight excluding hydrogens is 311 g/mol. The second kappa shape index (κ2) is 3.65. The topological polar surface area (TPSA) is 67.5 Å². The van der Waals surface area contributed by atoms with Gasteiger partial charge in [-0.1, -0.05) is 0 Å². The Bertz CT molecular complexity index is 600. The largest absolute Gasteiger partial charge is 0.475 e. The fourth-order valence-corrected chi connectivity index (χ4v) is 1.73. The van der Waals surface area contributed by atoms with Gasteiger partial charge in [-0.25, -0.2) is 4.79 Å². The van der Waals surface area contributed by atoms with E-state index in [1.807, 2.05) is 0 Å². The first-order valence-corrected chi connectivity index (χ1v) is 5.12. The molecule has 0 saturated carbocycles. The lowest BCUT2D eigenvalue weighted by atomic mass is 10.2. The van der Waals surface area contributed by atoms with Crippen molar-refractivity contribution < 1.29 is 14.3 Å². The van der Waals surface area contributed by atoms with Crippen molar-refractivity contribution in [2.75, 3.05) is 0 Å². The van der Waals surface area contributed by atoms with E-state index in [0.29, 0.717) is 11.0 Å². The van der Waals surface area contributed by atoms with E-state index in [1.54, 1.807) is 18.2 Å². The maximum absolute atomic E-state index is 11.5. The van der Waals surface area contributed by atoms with Crippen LogP contribution in [-0.4, -0.2) is 11.1 Å². The lowest BCUT2D eigenvalue weighted by molar-refractivity contribution is 0.0663. The molecule has 0 radical (unpaired) electrons. The van der Waals surface area contributed by atoms with Crippen LogP contribution in [0.2, 0.25) is 0 Å². The third-order valence-corrected chi connectivity index (χ3v) is 2.57. The number of hydrogen-bond acceptors (Lipinski definition) is 3. The maximum atomic E-state index is 11.5. The lowest BCUT2D eigenvalue weighted by Crippen LogP contribution is -2.06. The average Bonchev–Trinajstić information content (AvgIpc) is 2.18. The summed E-state index contributed by atoms with van der Waals surface area (Å²) in [7, 11) is 0. The highest BCUT2D eigenvalue weighted by Gasteiger charge is 2.10. The Labute approximate surface area is 97.7 Å². The number of carboxylic acid groups (broad SMARTS) is 1. The Morgan fingerprint density at radius 1 is 1.33 bits per heavy atom. The summed E-state index contributed by atoms with van der Waals surface area (Å²) in [6.07, 6.45) is 0. The van der Waals surface area contributed by atoms with Gasteiger partial charge in [-0.15, -0.1) is 0 Å². The molecule has 0 bridgehead atoms. The highest BCUT2D eigenvalue weighted by atomic mass is 127. The number of benzene rings is 1.